The Bertz CT molecular complexity index is 267. The van der Waals surface area contributed by atoms with Crippen LogP contribution in [0.3, 0.4) is 0 Å². The normalized spacial score (nSPS) is 11.3. The van der Waals surface area contributed by atoms with Gasteiger partial charge in [0, 0.05) is 32.8 Å². The molecule has 0 aromatic carbocycles. The number of amides is 1. The highest BCUT2D eigenvalue weighted by Crippen LogP contribution is 1.89. The number of rotatable bonds is 9. The van der Waals surface area contributed by atoms with Crippen molar-refractivity contribution in [3.8, 4) is 0 Å². The summed E-state index contributed by atoms with van der Waals surface area (Å²) in [5.74, 6) is 5.76. The van der Waals surface area contributed by atoms with Crippen molar-refractivity contribution in [2.75, 3.05) is 39.4 Å². The van der Waals surface area contributed by atoms with Crippen molar-refractivity contribution in [1.82, 2.24) is 15.6 Å². The molecular formula is C12H27N5O2. The van der Waals surface area contributed by atoms with Gasteiger partial charge in [-0.2, -0.15) is 0 Å². The van der Waals surface area contributed by atoms with Gasteiger partial charge in [-0.05, 0) is 27.2 Å². The van der Waals surface area contributed by atoms with E-state index in [0.717, 1.165) is 6.42 Å². The number of hydrazine groups is 1. The highest BCUT2D eigenvalue weighted by Gasteiger charge is 2.08. The largest absolute Gasteiger partial charge is 0.382 e. The molecule has 7 heteroatoms. The van der Waals surface area contributed by atoms with Gasteiger partial charge in [0.1, 0.15) is 6.54 Å². The SMILES string of the molecule is CCOCCCNC(=NCC(=O)N(CC)CC)NN. The number of nitrogens with two attached hydrogens (primary N) is 1. The second-order valence-corrected chi connectivity index (χ2v) is 3.85. The molecule has 19 heavy (non-hydrogen) atoms. The van der Waals surface area contributed by atoms with E-state index in [1.54, 1.807) is 4.90 Å². The van der Waals surface area contributed by atoms with Crippen molar-refractivity contribution >= 4 is 11.9 Å². The summed E-state index contributed by atoms with van der Waals surface area (Å²) in [7, 11) is 0. The molecule has 0 aromatic rings. The number of guanidine groups is 1. The Morgan fingerprint density at radius 2 is 2.00 bits per heavy atom. The van der Waals surface area contributed by atoms with E-state index in [9.17, 15) is 4.79 Å². The highest BCUT2D eigenvalue weighted by molar-refractivity contribution is 5.84. The van der Waals surface area contributed by atoms with Gasteiger partial charge in [0.15, 0.2) is 0 Å². The smallest absolute Gasteiger partial charge is 0.244 e. The molecule has 0 aliphatic rings. The van der Waals surface area contributed by atoms with Crippen molar-refractivity contribution in [1.29, 1.82) is 0 Å². The summed E-state index contributed by atoms with van der Waals surface area (Å²) in [6.07, 6.45) is 0.860. The van der Waals surface area contributed by atoms with Gasteiger partial charge in [0.05, 0.1) is 0 Å². The third-order valence-corrected chi connectivity index (χ3v) is 2.59. The lowest BCUT2D eigenvalue weighted by Crippen LogP contribution is -2.43. The summed E-state index contributed by atoms with van der Waals surface area (Å²) in [5.41, 5.74) is 2.45. The van der Waals surface area contributed by atoms with Crippen LogP contribution in [0.4, 0.5) is 0 Å². The first-order valence-electron chi connectivity index (χ1n) is 6.79. The highest BCUT2D eigenvalue weighted by atomic mass is 16.5. The minimum atomic E-state index is -0.00568. The van der Waals surface area contributed by atoms with Crippen LogP contribution >= 0.6 is 0 Å². The lowest BCUT2D eigenvalue weighted by molar-refractivity contribution is -0.129. The van der Waals surface area contributed by atoms with Crippen LogP contribution in [-0.2, 0) is 9.53 Å². The van der Waals surface area contributed by atoms with E-state index in [0.29, 0.717) is 38.8 Å². The van der Waals surface area contributed by atoms with Gasteiger partial charge in [0.25, 0.3) is 0 Å². The lowest BCUT2D eigenvalue weighted by Gasteiger charge is -2.17. The van der Waals surface area contributed by atoms with Crippen molar-refractivity contribution < 1.29 is 9.53 Å². The first-order chi connectivity index (χ1) is 9.19. The molecule has 0 saturated heterocycles. The predicted octanol–water partition coefficient (Wildman–Crippen LogP) is -0.310. The van der Waals surface area contributed by atoms with E-state index in [-0.39, 0.29) is 12.5 Å². The maximum atomic E-state index is 11.7. The van der Waals surface area contributed by atoms with E-state index in [1.165, 1.54) is 0 Å². The first-order valence-corrected chi connectivity index (χ1v) is 6.79. The number of hydrogen-bond acceptors (Lipinski definition) is 4. The molecule has 0 aliphatic carbocycles. The number of carbonyl (C=O) groups excluding carboxylic acids is 1. The average molecular weight is 273 g/mol. The first kappa shape index (κ1) is 17.7. The molecular weight excluding hydrogens is 246 g/mol. The Morgan fingerprint density at radius 3 is 2.53 bits per heavy atom. The van der Waals surface area contributed by atoms with Crippen LogP contribution in [0.5, 0.6) is 0 Å². The predicted molar refractivity (Wildman–Crippen MR) is 76.7 cm³/mol. The van der Waals surface area contributed by atoms with Crippen LogP contribution in [-0.4, -0.2) is 56.2 Å². The molecule has 0 atom stereocenters. The summed E-state index contributed by atoms with van der Waals surface area (Å²) in [6.45, 7) is 9.44. The second kappa shape index (κ2) is 11.7. The summed E-state index contributed by atoms with van der Waals surface area (Å²) in [4.78, 5) is 17.6. The van der Waals surface area contributed by atoms with E-state index in [1.807, 2.05) is 20.8 Å². The third-order valence-electron chi connectivity index (χ3n) is 2.59. The van der Waals surface area contributed by atoms with Gasteiger partial charge < -0.3 is 15.0 Å². The number of aliphatic imine (C=N–C) groups is 1. The van der Waals surface area contributed by atoms with Crippen LogP contribution in [0.1, 0.15) is 27.2 Å². The standard InChI is InChI=1S/C12H27N5O2/c1-4-17(5-2)11(18)10-15-12(16-13)14-8-7-9-19-6-3/h4-10,13H2,1-3H3,(H2,14,15,16). The van der Waals surface area contributed by atoms with Crippen molar-refractivity contribution in [3.05, 3.63) is 0 Å². The number of nitrogens with zero attached hydrogens (tertiary/aromatic N) is 2. The van der Waals surface area contributed by atoms with Crippen LogP contribution in [0.2, 0.25) is 0 Å². The van der Waals surface area contributed by atoms with Crippen molar-refractivity contribution in [2.24, 2.45) is 10.8 Å². The van der Waals surface area contributed by atoms with Crippen molar-refractivity contribution in [2.45, 2.75) is 27.2 Å². The fraction of sp³-hybridized carbons (Fsp3) is 0.833. The summed E-state index contributed by atoms with van der Waals surface area (Å²) in [5, 5.41) is 3.02. The Hall–Kier alpha value is -1.34. The number of hydrogen-bond donors (Lipinski definition) is 3. The van der Waals surface area contributed by atoms with E-state index >= 15 is 0 Å². The van der Waals surface area contributed by atoms with E-state index < -0.39 is 0 Å². The number of nitrogens with one attached hydrogen (secondary N) is 2. The minimum Gasteiger partial charge on any atom is -0.382 e. The fourth-order valence-electron chi connectivity index (χ4n) is 1.50. The topological polar surface area (TPSA) is 92.0 Å². The molecule has 1 amide bonds. The molecule has 4 N–H and O–H groups in total. The maximum Gasteiger partial charge on any atom is 0.244 e. The van der Waals surface area contributed by atoms with E-state index in [4.69, 9.17) is 10.6 Å². The van der Waals surface area contributed by atoms with Crippen molar-refractivity contribution in [3.63, 3.8) is 0 Å². The number of carbonyl (C=O) groups is 1. The molecule has 0 unspecified atom stereocenters. The zero-order chi connectivity index (χ0) is 14.5. The van der Waals surface area contributed by atoms with Gasteiger partial charge in [-0.1, -0.05) is 0 Å². The maximum absolute atomic E-state index is 11.7. The molecule has 0 saturated carbocycles. The van der Waals surface area contributed by atoms with Gasteiger partial charge in [0.2, 0.25) is 11.9 Å². The zero-order valence-corrected chi connectivity index (χ0v) is 12.2. The van der Waals surface area contributed by atoms with E-state index in [2.05, 4.69) is 15.7 Å². The lowest BCUT2D eigenvalue weighted by atomic mass is 10.4. The minimum absolute atomic E-state index is 0.00568. The van der Waals surface area contributed by atoms with Gasteiger partial charge in [-0.15, -0.1) is 0 Å². The number of likely N-dealkylation sites (N-methyl/N-ethyl adjacent to an activating group) is 1. The molecule has 0 rings (SSSR count). The molecule has 0 spiro atoms. The van der Waals surface area contributed by atoms with Crippen LogP contribution in [0.25, 0.3) is 0 Å². The summed E-state index contributed by atoms with van der Waals surface area (Å²) < 4.78 is 5.22. The zero-order valence-electron chi connectivity index (χ0n) is 12.2. The summed E-state index contributed by atoms with van der Waals surface area (Å²) in [6, 6.07) is 0. The molecule has 0 fully saturated rings. The molecule has 112 valence electrons. The van der Waals surface area contributed by atoms with Crippen LogP contribution < -0.4 is 16.6 Å². The number of ether oxygens (including phenoxy) is 1. The molecule has 7 nitrogen and oxygen atoms in total. The molecule has 0 aliphatic heterocycles. The van der Waals surface area contributed by atoms with Crippen LogP contribution in [0, 0.1) is 0 Å². The molecule has 0 radical (unpaired) electrons. The monoisotopic (exact) mass is 273 g/mol. The molecule has 0 bridgehead atoms. The Kier molecular flexibility index (Phi) is 10.9. The molecule has 0 aromatic heterocycles. The Balaban J connectivity index is 4.00. The average Bonchev–Trinajstić information content (AvgIpc) is 2.43. The molecule has 0 heterocycles. The Labute approximate surface area is 115 Å². The van der Waals surface area contributed by atoms with Gasteiger partial charge in [-0.3, -0.25) is 10.2 Å². The quantitative estimate of drug-likeness (QED) is 0.176. The van der Waals surface area contributed by atoms with Gasteiger partial charge in [-0.25, -0.2) is 10.8 Å². The fourth-order valence-corrected chi connectivity index (χ4v) is 1.50. The third kappa shape index (κ3) is 8.39. The summed E-state index contributed by atoms with van der Waals surface area (Å²) >= 11 is 0. The Morgan fingerprint density at radius 1 is 1.32 bits per heavy atom. The second-order valence-electron chi connectivity index (χ2n) is 3.85. The van der Waals surface area contributed by atoms with Gasteiger partial charge >= 0.3 is 0 Å². The van der Waals surface area contributed by atoms with Crippen LogP contribution in [0.15, 0.2) is 4.99 Å².